The molecule has 7 heteroatoms. The molecule has 0 unspecified atom stereocenters. The molecule has 2 rings (SSSR count). The number of anilines is 2. The highest BCUT2D eigenvalue weighted by Crippen LogP contribution is 2.20. The van der Waals surface area contributed by atoms with E-state index in [2.05, 4.69) is 10.4 Å². The zero-order valence-electron chi connectivity index (χ0n) is 11.1. The predicted octanol–water partition coefficient (Wildman–Crippen LogP) is 2.10. The highest BCUT2D eigenvalue weighted by atomic mass is 19.1. The van der Waals surface area contributed by atoms with Crippen LogP contribution in [0.15, 0.2) is 18.3 Å². The lowest BCUT2D eigenvalue weighted by molar-refractivity contribution is 0.102. The largest absolute Gasteiger partial charge is 0.396 e. The fourth-order valence-corrected chi connectivity index (χ4v) is 1.87. The van der Waals surface area contributed by atoms with Crippen LogP contribution in [0.3, 0.4) is 0 Å². The number of rotatable bonds is 3. The molecule has 5 nitrogen and oxygen atoms in total. The number of benzene rings is 1. The Bertz CT molecular complexity index is 667. The lowest BCUT2D eigenvalue weighted by Gasteiger charge is -2.07. The van der Waals surface area contributed by atoms with Crippen molar-refractivity contribution in [3.8, 4) is 0 Å². The molecule has 1 heterocycles. The Kier molecular flexibility index (Phi) is 3.69. The van der Waals surface area contributed by atoms with Crippen LogP contribution in [0.1, 0.15) is 23.0 Å². The van der Waals surface area contributed by atoms with Crippen molar-refractivity contribution in [3.05, 3.63) is 41.2 Å². The Balaban J connectivity index is 2.33. The van der Waals surface area contributed by atoms with E-state index in [4.69, 9.17) is 5.73 Å². The van der Waals surface area contributed by atoms with Crippen molar-refractivity contribution in [1.29, 1.82) is 0 Å². The average Bonchev–Trinajstić information content (AvgIpc) is 2.73. The van der Waals surface area contributed by atoms with Crippen LogP contribution in [0.25, 0.3) is 0 Å². The highest BCUT2D eigenvalue weighted by molar-refractivity contribution is 6.05. The number of aryl methyl sites for hydroxylation is 2. The number of nitrogens with one attached hydrogen (secondary N) is 1. The minimum absolute atomic E-state index is 0.406. The Hall–Kier alpha value is -2.44. The smallest absolute Gasteiger partial charge is 0.258 e. The SMILES string of the molecule is CCc1nn(C)cc1NC(=O)c1cc(F)cc(N)c1F. The molecule has 1 amide bonds. The Morgan fingerprint density at radius 2 is 2.15 bits per heavy atom. The number of aromatic nitrogens is 2. The number of nitrogens with zero attached hydrogens (tertiary/aromatic N) is 2. The van der Waals surface area contributed by atoms with E-state index >= 15 is 0 Å². The first-order valence-electron chi connectivity index (χ1n) is 6.00. The van der Waals surface area contributed by atoms with E-state index in [0.717, 1.165) is 12.1 Å². The molecule has 2 aromatic rings. The molecule has 1 aromatic carbocycles. The van der Waals surface area contributed by atoms with Gasteiger partial charge in [0.05, 0.1) is 22.6 Å². The third kappa shape index (κ3) is 2.61. The van der Waals surface area contributed by atoms with Crippen LogP contribution >= 0.6 is 0 Å². The van der Waals surface area contributed by atoms with Gasteiger partial charge >= 0.3 is 0 Å². The van der Waals surface area contributed by atoms with Gasteiger partial charge in [-0.3, -0.25) is 9.48 Å². The van der Waals surface area contributed by atoms with E-state index in [1.165, 1.54) is 4.68 Å². The minimum Gasteiger partial charge on any atom is -0.396 e. The second-order valence-corrected chi connectivity index (χ2v) is 4.33. The maximum absolute atomic E-state index is 13.7. The second-order valence-electron chi connectivity index (χ2n) is 4.33. The van der Waals surface area contributed by atoms with E-state index in [-0.39, 0.29) is 0 Å². The summed E-state index contributed by atoms with van der Waals surface area (Å²) in [5, 5.41) is 6.65. The van der Waals surface area contributed by atoms with Crippen LogP contribution in [-0.4, -0.2) is 15.7 Å². The van der Waals surface area contributed by atoms with Crippen molar-refractivity contribution >= 4 is 17.3 Å². The zero-order valence-corrected chi connectivity index (χ0v) is 11.1. The Morgan fingerprint density at radius 3 is 2.80 bits per heavy atom. The third-order valence-electron chi connectivity index (χ3n) is 2.80. The monoisotopic (exact) mass is 280 g/mol. The molecule has 0 aliphatic rings. The van der Waals surface area contributed by atoms with Crippen molar-refractivity contribution in [1.82, 2.24) is 9.78 Å². The number of carbonyl (C=O) groups excluding carboxylic acids is 1. The summed E-state index contributed by atoms with van der Waals surface area (Å²) in [6.07, 6.45) is 2.20. The summed E-state index contributed by atoms with van der Waals surface area (Å²) in [7, 11) is 1.70. The first kappa shape index (κ1) is 14.0. The van der Waals surface area contributed by atoms with E-state index in [1.54, 1.807) is 13.2 Å². The van der Waals surface area contributed by atoms with E-state index in [9.17, 15) is 13.6 Å². The summed E-state index contributed by atoms with van der Waals surface area (Å²) < 4.78 is 28.5. The predicted molar refractivity (Wildman–Crippen MR) is 71.3 cm³/mol. The summed E-state index contributed by atoms with van der Waals surface area (Å²) >= 11 is 0. The molecule has 0 saturated carbocycles. The number of amides is 1. The number of carbonyl (C=O) groups is 1. The quantitative estimate of drug-likeness (QED) is 0.846. The first-order chi connectivity index (χ1) is 9.42. The Labute approximate surface area is 114 Å². The molecule has 0 aliphatic carbocycles. The summed E-state index contributed by atoms with van der Waals surface area (Å²) in [6.45, 7) is 1.87. The molecule has 1 aromatic heterocycles. The number of nitrogens with two attached hydrogens (primary N) is 1. The van der Waals surface area contributed by atoms with Crippen LogP contribution in [0.4, 0.5) is 20.2 Å². The standard InChI is InChI=1S/C13H14F2N4O/c1-3-10-11(6-19(2)18-10)17-13(20)8-4-7(14)5-9(16)12(8)15/h4-6H,3,16H2,1-2H3,(H,17,20). The summed E-state index contributed by atoms with van der Waals surface area (Å²) in [6, 6.07) is 1.64. The van der Waals surface area contributed by atoms with Crippen LogP contribution in [0.2, 0.25) is 0 Å². The van der Waals surface area contributed by atoms with Gasteiger partial charge in [-0.1, -0.05) is 6.92 Å². The minimum atomic E-state index is -0.939. The molecular formula is C13H14F2N4O. The summed E-state index contributed by atoms with van der Waals surface area (Å²) in [5.41, 5.74) is 5.58. The van der Waals surface area contributed by atoms with Crippen molar-refractivity contribution in [2.45, 2.75) is 13.3 Å². The van der Waals surface area contributed by atoms with E-state index < -0.39 is 28.8 Å². The topological polar surface area (TPSA) is 72.9 Å². The van der Waals surface area contributed by atoms with Crippen molar-refractivity contribution in [2.24, 2.45) is 7.05 Å². The Morgan fingerprint density at radius 1 is 1.45 bits per heavy atom. The van der Waals surface area contributed by atoms with Gasteiger partial charge in [-0.25, -0.2) is 8.78 Å². The van der Waals surface area contributed by atoms with Crippen LogP contribution in [0, 0.1) is 11.6 Å². The number of hydrogen-bond acceptors (Lipinski definition) is 3. The molecular weight excluding hydrogens is 266 g/mol. The highest BCUT2D eigenvalue weighted by Gasteiger charge is 2.18. The molecule has 0 bridgehead atoms. The van der Waals surface area contributed by atoms with Gasteiger partial charge in [0, 0.05) is 13.2 Å². The lowest BCUT2D eigenvalue weighted by Crippen LogP contribution is -2.15. The van der Waals surface area contributed by atoms with Crippen molar-refractivity contribution in [3.63, 3.8) is 0 Å². The fourth-order valence-electron chi connectivity index (χ4n) is 1.87. The zero-order chi connectivity index (χ0) is 14.9. The van der Waals surface area contributed by atoms with Gasteiger partial charge in [0.15, 0.2) is 5.82 Å². The molecule has 0 atom stereocenters. The van der Waals surface area contributed by atoms with Crippen molar-refractivity contribution in [2.75, 3.05) is 11.1 Å². The molecule has 0 fully saturated rings. The lowest BCUT2D eigenvalue weighted by atomic mass is 10.1. The van der Waals surface area contributed by atoms with Gasteiger partial charge in [0.1, 0.15) is 5.82 Å². The first-order valence-corrected chi connectivity index (χ1v) is 6.00. The molecule has 0 radical (unpaired) electrons. The molecule has 0 aliphatic heterocycles. The van der Waals surface area contributed by atoms with E-state index in [0.29, 0.717) is 17.8 Å². The maximum Gasteiger partial charge on any atom is 0.258 e. The van der Waals surface area contributed by atoms with Crippen LogP contribution < -0.4 is 11.1 Å². The second kappa shape index (κ2) is 5.28. The van der Waals surface area contributed by atoms with Crippen LogP contribution in [-0.2, 0) is 13.5 Å². The summed E-state index contributed by atoms with van der Waals surface area (Å²) in [4.78, 5) is 12.0. The van der Waals surface area contributed by atoms with Gasteiger partial charge in [-0.05, 0) is 18.6 Å². The van der Waals surface area contributed by atoms with Gasteiger partial charge in [0.25, 0.3) is 5.91 Å². The molecule has 0 saturated heterocycles. The van der Waals surface area contributed by atoms with Gasteiger partial charge in [-0.15, -0.1) is 0 Å². The summed E-state index contributed by atoms with van der Waals surface area (Å²) in [5.74, 6) is -2.47. The number of hydrogen-bond donors (Lipinski definition) is 2. The molecule has 3 N–H and O–H groups in total. The normalized spacial score (nSPS) is 10.6. The fraction of sp³-hybridized carbons (Fsp3) is 0.231. The van der Waals surface area contributed by atoms with E-state index in [1.807, 2.05) is 6.92 Å². The number of halogens is 2. The molecule has 106 valence electrons. The molecule has 0 spiro atoms. The van der Waals surface area contributed by atoms with Crippen molar-refractivity contribution < 1.29 is 13.6 Å². The maximum atomic E-state index is 13.7. The van der Waals surface area contributed by atoms with Gasteiger partial charge < -0.3 is 11.1 Å². The van der Waals surface area contributed by atoms with Gasteiger partial charge in [-0.2, -0.15) is 5.10 Å². The molecule has 20 heavy (non-hydrogen) atoms. The van der Waals surface area contributed by atoms with Crippen LogP contribution in [0.5, 0.6) is 0 Å². The third-order valence-corrected chi connectivity index (χ3v) is 2.80. The average molecular weight is 280 g/mol. The van der Waals surface area contributed by atoms with Gasteiger partial charge in [0.2, 0.25) is 0 Å². The number of nitrogen functional groups attached to an aromatic ring is 1.